The molecule has 2 N–H and O–H groups in total. The maximum atomic E-state index is 12.5. The quantitative estimate of drug-likeness (QED) is 0.527. The lowest BCUT2D eigenvalue weighted by atomic mass is 10.00. The van der Waals surface area contributed by atoms with Gasteiger partial charge in [-0.25, -0.2) is 4.68 Å². The molecule has 1 aromatic carbocycles. The van der Waals surface area contributed by atoms with E-state index < -0.39 is 0 Å². The molecule has 7 heteroatoms. The van der Waals surface area contributed by atoms with Crippen LogP contribution in [-0.4, -0.2) is 47.0 Å². The van der Waals surface area contributed by atoms with Crippen molar-refractivity contribution < 1.29 is 9.53 Å². The summed E-state index contributed by atoms with van der Waals surface area (Å²) in [4.78, 5) is 16.8. The van der Waals surface area contributed by atoms with Gasteiger partial charge < -0.3 is 15.4 Å². The molecule has 0 spiro atoms. The molecule has 0 saturated heterocycles. The summed E-state index contributed by atoms with van der Waals surface area (Å²) < 4.78 is 6.85. The van der Waals surface area contributed by atoms with E-state index in [1.54, 1.807) is 24.2 Å². The third kappa shape index (κ3) is 5.24. The number of rotatable bonds is 9. The Kier molecular flexibility index (Phi) is 7.19. The van der Waals surface area contributed by atoms with Gasteiger partial charge in [0.1, 0.15) is 0 Å². The van der Waals surface area contributed by atoms with E-state index in [1.807, 2.05) is 50.5 Å². The fourth-order valence-corrected chi connectivity index (χ4v) is 3.03. The molecular weight excluding hydrogens is 378 g/mol. The second kappa shape index (κ2) is 10.0. The zero-order valence-corrected chi connectivity index (χ0v) is 18.0. The summed E-state index contributed by atoms with van der Waals surface area (Å²) in [6.07, 6.45) is 8.19. The molecular formula is C23H29N5O2. The van der Waals surface area contributed by atoms with E-state index in [9.17, 15) is 4.79 Å². The molecule has 158 valence electrons. The van der Waals surface area contributed by atoms with Crippen molar-refractivity contribution in [1.82, 2.24) is 20.1 Å². The highest BCUT2D eigenvalue weighted by atomic mass is 16.5. The predicted molar refractivity (Wildman–Crippen MR) is 119 cm³/mol. The fraction of sp³-hybridized carbons (Fsp3) is 0.348. The van der Waals surface area contributed by atoms with Crippen LogP contribution in [0.15, 0.2) is 49.1 Å². The Morgan fingerprint density at radius 2 is 2.07 bits per heavy atom. The molecule has 0 aliphatic rings. The van der Waals surface area contributed by atoms with Crippen molar-refractivity contribution in [2.75, 3.05) is 25.6 Å². The minimum Gasteiger partial charge on any atom is -0.383 e. The monoisotopic (exact) mass is 407 g/mol. The van der Waals surface area contributed by atoms with Crippen LogP contribution in [-0.2, 0) is 4.74 Å². The summed E-state index contributed by atoms with van der Waals surface area (Å²) >= 11 is 0. The van der Waals surface area contributed by atoms with Gasteiger partial charge in [0, 0.05) is 37.0 Å². The van der Waals surface area contributed by atoms with E-state index in [0.29, 0.717) is 18.7 Å². The summed E-state index contributed by atoms with van der Waals surface area (Å²) in [6, 6.07) is 7.89. The number of aromatic nitrogens is 3. The van der Waals surface area contributed by atoms with E-state index in [4.69, 9.17) is 4.74 Å². The first kappa shape index (κ1) is 21.5. The number of nitrogens with zero attached hydrogens (tertiary/aromatic N) is 3. The molecule has 0 aliphatic carbocycles. The average Bonchev–Trinajstić information content (AvgIpc) is 3.24. The van der Waals surface area contributed by atoms with Gasteiger partial charge in [-0.15, -0.1) is 0 Å². The summed E-state index contributed by atoms with van der Waals surface area (Å²) in [7, 11) is 1.67. The highest BCUT2D eigenvalue weighted by molar-refractivity contribution is 5.95. The molecule has 0 bridgehead atoms. The molecule has 1 unspecified atom stereocenters. The van der Waals surface area contributed by atoms with E-state index >= 15 is 0 Å². The highest BCUT2D eigenvalue weighted by Gasteiger charge is 2.13. The molecule has 2 aromatic heterocycles. The van der Waals surface area contributed by atoms with Gasteiger partial charge in [-0.3, -0.25) is 9.78 Å². The molecule has 0 radical (unpaired) electrons. The number of carbonyl (C=O) groups is 1. The van der Waals surface area contributed by atoms with Crippen molar-refractivity contribution in [1.29, 1.82) is 0 Å². The van der Waals surface area contributed by atoms with E-state index in [-0.39, 0.29) is 11.9 Å². The number of pyridine rings is 1. The van der Waals surface area contributed by atoms with E-state index in [0.717, 1.165) is 34.5 Å². The maximum absolute atomic E-state index is 12.5. The normalized spacial score (nSPS) is 11.9. The molecule has 0 aliphatic heterocycles. The van der Waals surface area contributed by atoms with Gasteiger partial charge in [0.15, 0.2) is 0 Å². The Hall–Kier alpha value is -3.19. The highest BCUT2D eigenvalue weighted by Crippen LogP contribution is 2.25. The fourth-order valence-electron chi connectivity index (χ4n) is 3.03. The average molecular weight is 408 g/mol. The van der Waals surface area contributed by atoms with Crippen LogP contribution in [0.1, 0.15) is 36.2 Å². The number of benzene rings is 1. The molecule has 0 saturated carbocycles. The minimum absolute atomic E-state index is 0.0583. The summed E-state index contributed by atoms with van der Waals surface area (Å²) in [5, 5.41) is 10.8. The van der Waals surface area contributed by atoms with Crippen molar-refractivity contribution in [3.8, 4) is 16.8 Å². The number of nitrogens with one attached hydrogen (secondary N) is 2. The van der Waals surface area contributed by atoms with Crippen LogP contribution in [0.4, 0.5) is 5.69 Å². The van der Waals surface area contributed by atoms with Gasteiger partial charge in [0.25, 0.3) is 5.91 Å². The Labute approximate surface area is 177 Å². The number of amides is 1. The number of aryl methyl sites for hydroxylation is 1. The number of carbonyl (C=O) groups excluding carboxylic acids is 1. The molecule has 30 heavy (non-hydrogen) atoms. The SMILES string of the molecule is CCC(C)NC(=O)c1ccc(C)c(-c2cnn(-c3cncc(NCCOC)c3)c2)c1. The lowest BCUT2D eigenvalue weighted by Gasteiger charge is -2.12. The minimum atomic E-state index is -0.0583. The molecule has 1 atom stereocenters. The molecule has 3 rings (SSSR count). The lowest BCUT2D eigenvalue weighted by molar-refractivity contribution is 0.0939. The Morgan fingerprint density at radius 3 is 2.83 bits per heavy atom. The van der Waals surface area contributed by atoms with Crippen LogP contribution < -0.4 is 10.6 Å². The van der Waals surface area contributed by atoms with Crippen LogP contribution in [0.25, 0.3) is 16.8 Å². The number of methoxy groups -OCH3 is 1. The first-order chi connectivity index (χ1) is 14.5. The standard InChI is InChI=1S/C23H29N5O2/c1-5-17(3)27-23(29)18-7-6-16(2)22(10-18)19-12-26-28(15-19)21-11-20(13-24-14-21)25-8-9-30-4/h6-7,10-15,17,25H,5,8-9H2,1-4H3,(H,27,29). The molecule has 0 fully saturated rings. The largest absolute Gasteiger partial charge is 0.383 e. The van der Waals surface area contributed by atoms with Gasteiger partial charge in [-0.2, -0.15) is 5.10 Å². The van der Waals surface area contributed by atoms with Gasteiger partial charge in [0.05, 0.1) is 36.6 Å². The zero-order valence-electron chi connectivity index (χ0n) is 18.0. The molecule has 3 aromatic rings. The topological polar surface area (TPSA) is 81.1 Å². The second-order valence-electron chi connectivity index (χ2n) is 7.34. The van der Waals surface area contributed by atoms with E-state index in [2.05, 4.69) is 27.6 Å². The van der Waals surface area contributed by atoms with Crippen LogP contribution in [0.2, 0.25) is 0 Å². The zero-order chi connectivity index (χ0) is 21.5. The summed E-state index contributed by atoms with van der Waals surface area (Å²) in [6.45, 7) is 7.41. The lowest BCUT2D eigenvalue weighted by Crippen LogP contribution is -2.31. The summed E-state index contributed by atoms with van der Waals surface area (Å²) in [5.74, 6) is -0.0583. The van der Waals surface area contributed by atoms with Crippen LogP contribution in [0.5, 0.6) is 0 Å². The number of anilines is 1. The van der Waals surface area contributed by atoms with Crippen LogP contribution in [0.3, 0.4) is 0 Å². The van der Waals surface area contributed by atoms with Gasteiger partial charge in [0.2, 0.25) is 0 Å². The van der Waals surface area contributed by atoms with Gasteiger partial charge >= 0.3 is 0 Å². The Bertz CT molecular complexity index is 999. The Morgan fingerprint density at radius 1 is 1.23 bits per heavy atom. The maximum Gasteiger partial charge on any atom is 0.251 e. The smallest absolute Gasteiger partial charge is 0.251 e. The molecule has 2 heterocycles. The van der Waals surface area contributed by atoms with Crippen molar-refractivity contribution in [2.45, 2.75) is 33.2 Å². The number of hydrogen-bond donors (Lipinski definition) is 2. The predicted octanol–water partition coefficient (Wildman–Crippen LogP) is 3.83. The first-order valence-electron chi connectivity index (χ1n) is 10.2. The van der Waals surface area contributed by atoms with Gasteiger partial charge in [-0.1, -0.05) is 13.0 Å². The Balaban J connectivity index is 1.83. The van der Waals surface area contributed by atoms with Crippen molar-refractivity contribution >= 4 is 11.6 Å². The first-order valence-corrected chi connectivity index (χ1v) is 10.2. The third-order valence-corrected chi connectivity index (χ3v) is 5.01. The van der Waals surface area contributed by atoms with E-state index in [1.165, 1.54) is 0 Å². The number of hydrogen-bond acceptors (Lipinski definition) is 5. The van der Waals surface area contributed by atoms with Crippen molar-refractivity contribution in [3.63, 3.8) is 0 Å². The van der Waals surface area contributed by atoms with Gasteiger partial charge in [-0.05, 0) is 49.6 Å². The molecule has 1 amide bonds. The third-order valence-electron chi connectivity index (χ3n) is 5.01. The van der Waals surface area contributed by atoms with Crippen LogP contribution in [0, 0.1) is 6.92 Å². The van der Waals surface area contributed by atoms with Crippen LogP contribution >= 0.6 is 0 Å². The summed E-state index contributed by atoms with van der Waals surface area (Å²) in [5.41, 5.74) is 5.43. The van der Waals surface area contributed by atoms with Crippen molar-refractivity contribution in [2.24, 2.45) is 0 Å². The number of ether oxygens (including phenoxy) is 1. The second-order valence-corrected chi connectivity index (χ2v) is 7.34. The molecule has 7 nitrogen and oxygen atoms in total. The van der Waals surface area contributed by atoms with Crippen molar-refractivity contribution in [3.05, 3.63) is 60.2 Å².